The van der Waals surface area contributed by atoms with Gasteiger partial charge in [-0.05, 0) is 54.2 Å². The van der Waals surface area contributed by atoms with Crippen molar-refractivity contribution in [1.82, 2.24) is 9.97 Å². The Kier molecular flexibility index (Phi) is 10.5. The maximum absolute atomic E-state index is 14.0. The monoisotopic (exact) mass is 462 g/mol. The van der Waals surface area contributed by atoms with Crippen molar-refractivity contribution in [2.75, 3.05) is 6.61 Å². The first-order chi connectivity index (χ1) is 16.6. The van der Waals surface area contributed by atoms with Crippen LogP contribution in [0, 0.1) is 5.92 Å². The number of benzene rings is 2. The second-order valence-corrected chi connectivity index (χ2v) is 9.25. The van der Waals surface area contributed by atoms with Crippen LogP contribution in [0.1, 0.15) is 71.3 Å². The predicted octanol–water partition coefficient (Wildman–Crippen LogP) is 8.48. The SMILES string of the molecule is CCCCCCCCc1ccc(-c2cnc(-c3ccc(OCC(F)C(C)CC)cc3)nc2)cc1. The van der Waals surface area contributed by atoms with Crippen molar-refractivity contribution in [3.63, 3.8) is 0 Å². The topological polar surface area (TPSA) is 35.0 Å². The van der Waals surface area contributed by atoms with Crippen LogP contribution in [0.5, 0.6) is 5.75 Å². The number of hydrogen-bond donors (Lipinski definition) is 0. The van der Waals surface area contributed by atoms with Gasteiger partial charge in [-0.15, -0.1) is 0 Å². The summed E-state index contributed by atoms with van der Waals surface area (Å²) in [5.74, 6) is 1.33. The Morgan fingerprint density at radius 1 is 0.765 bits per heavy atom. The molecular weight excluding hydrogens is 423 g/mol. The average Bonchev–Trinajstić information content (AvgIpc) is 2.89. The largest absolute Gasteiger partial charge is 0.491 e. The lowest BCUT2D eigenvalue weighted by atomic mass is 10.0. The first-order valence-electron chi connectivity index (χ1n) is 12.9. The van der Waals surface area contributed by atoms with E-state index in [1.807, 2.05) is 50.5 Å². The number of halogens is 1. The summed E-state index contributed by atoms with van der Waals surface area (Å²) in [6, 6.07) is 16.3. The van der Waals surface area contributed by atoms with Gasteiger partial charge in [-0.25, -0.2) is 14.4 Å². The van der Waals surface area contributed by atoms with Crippen LogP contribution in [0.25, 0.3) is 22.5 Å². The van der Waals surface area contributed by atoms with Gasteiger partial charge in [-0.3, -0.25) is 0 Å². The van der Waals surface area contributed by atoms with Crippen LogP contribution in [0.4, 0.5) is 4.39 Å². The van der Waals surface area contributed by atoms with Crippen LogP contribution in [-0.2, 0) is 6.42 Å². The standard InChI is InChI=1S/C30H39FN2O/c1-4-6-7-8-9-10-11-24-12-14-25(15-13-24)27-20-32-30(33-21-27)26-16-18-28(19-17-26)34-22-29(31)23(3)5-2/h12-21,23,29H,4-11,22H2,1-3H3. The highest BCUT2D eigenvalue weighted by molar-refractivity contribution is 5.64. The van der Waals surface area contributed by atoms with Crippen molar-refractivity contribution in [2.24, 2.45) is 5.92 Å². The van der Waals surface area contributed by atoms with Crippen molar-refractivity contribution in [1.29, 1.82) is 0 Å². The number of hydrogen-bond acceptors (Lipinski definition) is 3. The van der Waals surface area contributed by atoms with Crippen molar-refractivity contribution in [2.45, 2.75) is 78.3 Å². The van der Waals surface area contributed by atoms with Crippen LogP contribution in [0.3, 0.4) is 0 Å². The fourth-order valence-corrected chi connectivity index (χ4v) is 3.90. The molecule has 34 heavy (non-hydrogen) atoms. The zero-order valence-corrected chi connectivity index (χ0v) is 21.0. The number of ether oxygens (including phenoxy) is 1. The van der Waals surface area contributed by atoms with Gasteiger partial charge in [0.15, 0.2) is 5.82 Å². The van der Waals surface area contributed by atoms with E-state index in [0.29, 0.717) is 11.6 Å². The lowest BCUT2D eigenvalue weighted by Gasteiger charge is -2.15. The number of nitrogens with zero attached hydrogens (tertiary/aromatic N) is 2. The molecule has 2 unspecified atom stereocenters. The Labute approximate surface area is 204 Å². The maximum atomic E-state index is 14.0. The Balaban J connectivity index is 1.51. The van der Waals surface area contributed by atoms with Crippen LogP contribution in [0.2, 0.25) is 0 Å². The molecular formula is C30H39FN2O. The minimum atomic E-state index is -0.954. The van der Waals surface area contributed by atoms with E-state index in [0.717, 1.165) is 29.5 Å². The fraction of sp³-hybridized carbons (Fsp3) is 0.467. The van der Waals surface area contributed by atoms with Gasteiger partial charge in [0.25, 0.3) is 0 Å². The molecule has 0 saturated carbocycles. The molecule has 4 heteroatoms. The van der Waals surface area contributed by atoms with Crippen molar-refractivity contribution in [3.8, 4) is 28.3 Å². The Hall–Kier alpha value is -2.75. The molecule has 2 aromatic carbocycles. The lowest BCUT2D eigenvalue weighted by Crippen LogP contribution is -2.20. The third-order valence-electron chi connectivity index (χ3n) is 6.54. The summed E-state index contributed by atoms with van der Waals surface area (Å²) < 4.78 is 19.6. The van der Waals surface area contributed by atoms with Gasteiger partial charge in [0, 0.05) is 23.5 Å². The van der Waals surface area contributed by atoms with Gasteiger partial charge in [0.05, 0.1) is 0 Å². The van der Waals surface area contributed by atoms with Crippen molar-refractivity contribution in [3.05, 3.63) is 66.5 Å². The van der Waals surface area contributed by atoms with E-state index in [9.17, 15) is 4.39 Å². The molecule has 0 spiro atoms. The number of alkyl halides is 1. The highest BCUT2D eigenvalue weighted by Crippen LogP contribution is 2.24. The predicted molar refractivity (Wildman–Crippen MR) is 140 cm³/mol. The molecule has 3 nitrogen and oxygen atoms in total. The quantitative estimate of drug-likeness (QED) is 0.225. The first-order valence-corrected chi connectivity index (χ1v) is 12.9. The molecule has 182 valence electrons. The first kappa shape index (κ1) is 25.9. The van der Waals surface area contributed by atoms with Gasteiger partial charge in [0.2, 0.25) is 0 Å². The highest BCUT2D eigenvalue weighted by atomic mass is 19.1. The minimum Gasteiger partial charge on any atom is -0.491 e. The summed E-state index contributed by atoms with van der Waals surface area (Å²) >= 11 is 0. The second kappa shape index (κ2) is 13.8. The van der Waals surface area contributed by atoms with Gasteiger partial charge in [-0.2, -0.15) is 0 Å². The molecule has 0 bridgehead atoms. The third-order valence-corrected chi connectivity index (χ3v) is 6.54. The molecule has 0 aliphatic rings. The molecule has 0 aliphatic carbocycles. The van der Waals surface area contributed by atoms with Gasteiger partial charge in [0.1, 0.15) is 18.5 Å². The average molecular weight is 463 g/mol. The Morgan fingerprint density at radius 3 is 2.03 bits per heavy atom. The Bertz CT molecular complexity index is 955. The van der Waals surface area contributed by atoms with E-state index in [1.165, 1.54) is 44.1 Å². The number of aromatic nitrogens is 2. The number of rotatable bonds is 14. The van der Waals surface area contributed by atoms with Crippen LogP contribution < -0.4 is 4.74 Å². The zero-order valence-electron chi connectivity index (χ0n) is 21.0. The molecule has 0 saturated heterocycles. The van der Waals surface area contributed by atoms with E-state index in [-0.39, 0.29) is 12.5 Å². The van der Waals surface area contributed by atoms with Gasteiger partial charge >= 0.3 is 0 Å². The molecule has 0 radical (unpaired) electrons. The zero-order chi connectivity index (χ0) is 24.2. The van der Waals surface area contributed by atoms with Crippen LogP contribution in [0.15, 0.2) is 60.9 Å². The number of unbranched alkanes of at least 4 members (excludes halogenated alkanes) is 5. The van der Waals surface area contributed by atoms with E-state index in [1.54, 1.807) is 0 Å². The van der Waals surface area contributed by atoms with Crippen molar-refractivity contribution < 1.29 is 9.13 Å². The van der Waals surface area contributed by atoms with Gasteiger partial charge < -0.3 is 4.74 Å². The fourth-order valence-electron chi connectivity index (χ4n) is 3.90. The molecule has 2 atom stereocenters. The smallest absolute Gasteiger partial charge is 0.159 e. The second-order valence-electron chi connectivity index (χ2n) is 9.25. The molecule has 1 aromatic heterocycles. The molecule has 1 heterocycles. The summed E-state index contributed by atoms with van der Waals surface area (Å²) in [6.45, 7) is 6.23. The molecule has 0 fully saturated rings. The highest BCUT2D eigenvalue weighted by Gasteiger charge is 2.15. The van der Waals surface area contributed by atoms with Crippen molar-refractivity contribution >= 4 is 0 Å². The van der Waals surface area contributed by atoms with E-state index < -0.39 is 6.17 Å². The maximum Gasteiger partial charge on any atom is 0.159 e. The normalized spacial score (nSPS) is 12.9. The van der Waals surface area contributed by atoms with E-state index in [4.69, 9.17) is 4.74 Å². The summed E-state index contributed by atoms with van der Waals surface area (Å²) in [5, 5.41) is 0. The van der Waals surface area contributed by atoms with Crippen LogP contribution in [-0.4, -0.2) is 22.7 Å². The van der Waals surface area contributed by atoms with Crippen LogP contribution >= 0.6 is 0 Å². The molecule has 3 rings (SSSR count). The summed E-state index contributed by atoms with van der Waals surface area (Å²) in [5.41, 5.74) is 4.44. The summed E-state index contributed by atoms with van der Waals surface area (Å²) in [6.07, 6.45) is 12.7. The van der Waals surface area contributed by atoms with E-state index in [2.05, 4.69) is 41.2 Å². The molecule has 0 amide bonds. The number of aryl methyl sites for hydroxylation is 1. The Morgan fingerprint density at radius 2 is 1.38 bits per heavy atom. The molecule has 0 N–H and O–H groups in total. The van der Waals surface area contributed by atoms with E-state index >= 15 is 0 Å². The summed E-state index contributed by atoms with van der Waals surface area (Å²) in [7, 11) is 0. The lowest BCUT2D eigenvalue weighted by molar-refractivity contribution is 0.145. The molecule has 3 aromatic rings. The minimum absolute atomic E-state index is 0.00251. The third kappa shape index (κ3) is 7.93. The van der Waals surface area contributed by atoms with Gasteiger partial charge in [-0.1, -0.05) is 83.6 Å². The molecule has 0 aliphatic heterocycles. The summed E-state index contributed by atoms with van der Waals surface area (Å²) in [4.78, 5) is 9.12.